The molecule has 0 spiro atoms. The fourth-order valence-corrected chi connectivity index (χ4v) is 2.67. The predicted octanol–water partition coefficient (Wildman–Crippen LogP) is 3.85. The molecule has 3 nitrogen and oxygen atoms in total. The summed E-state index contributed by atoms with van der Waals surface area (Å²) >= 11 is 4.28. The third-order valence-corrected chi connectivity index (χ3v) is 3.88. The van der Waals surface area contributed by atoms with Crippen molar-refractivity contribution in [3.05, 3.63) is 50.4 Å². The van der Waals surface area contributed by atoms with Gasteiger partial charge in [0.1, 0.15) is 4.88 Å². The Kier molecular flexibility index (Phi) is 4.44. The van der Waals surface area contributed by atoms with E-state index in [1.165, 1.54) is 18.3 Å². The zero-order chi connectivity index (χ0) is 14.8. The van der Waals surface area contributed by atoms with Crippen LogP contribution in [-0.2, 0) is 12.7 Å². The van der Waals surface area contributed by atoms with Crippen LogP contribution in [0, 0.1) is 0 Å². The van der Waals surface area contributed by atoms with Crippen LogP contribution in [0.3, 0.4) is 0 Å². The van der Waals surface area contributed by atoms with Crippen LogP contribution in [-0.4, -0.2) is 10.9 Å². The number of thiazole rings is 1. The van der Waals surface area contributed by atoms with E-state index in [9.17, 15) is 18.0 Å². The van der Waals surface area contributed by atoms with Crippen LogP contribution >= 0.6 is 27.3 Å². The SMILES string of the molecule is O=C(NCc1cccc(C(F)(F)F)c1)c1cnc(Br)s1. The Morgan fingerprint density at radius 1 is 1.40 bits per heavy atom. The van der Waals surface area contributed by atoms with Crippen molar-refractivity contribution in [2.45, 2.75) is 12.7 Å². The second-order valence-corrected chi connectivity index (χ2v) is 6.16. The quantitative estimate of drug-likeness (QED) is 0.898. The largest absolute Gasteiger partial charge is 0.416 e. The molecule has 0 unspecified atom stereocenters. The molecule has 2 rings (SSSR count). The van der Waals surface area contributed by atoms with E-state index in [1.54, 1.807) is 0 Å². The molecule has 0 saturated heterocycles. The molecule has 1 aromatic carbocycles. The third kappa shape index (κ3) is 3.80. The van der Waals surface area contributed by atoms with Gasteiger partial charge in [-0.05, 0) is 33.6 Å². The van der Waals surface area contributed by atoms with Gasteiger partial charge in [-0.15, -0.1) is 11.3 Å². The van der Waals surface area contributed by atoms with Crippen molar-refractivity contribution < 1.29 is 18.0 Å². The standard InChI is InChI=1S/C12H8BrF3N2OS/c13-11-18-6-9(20-11)10(19)17-5-7-2-1-3-8(4-7)12(14,15)16/h1-4,6H,5H2,(H,17,19). The Bertz CT molecular complexity index is 627. The van der Waals surface area contributed by atoms with E-state index >= 15 is 0 Å². The number of nitrogens with zero attached hydrogens (tertiary/aromatic N) is 1. The van der Waals surface area contributed by atoms with Gasteiger partial charge in [0, 0.05) is 6.54 Å². The molecule has 1 N–H and O–H groups in total. The first kappa shape index (κ1) is 15.0. The lowest BCUT2D eigenvalue weighted by Crippen LogP contribution is -2.22. The molecule has 1 aromatic heterocycles. The predicted molar refractivity (Wildman–Crippen MR) is 72.4 cm³/mol. The summed E-state index contributed by atoms with van der Waals surface area (Å²) < 4.78 is 38.2. The van der Waals surface area contributed by atoms with Gasteiger partial charge in [-0.25, -0.2) is 4.98 Å². The molecular formula is C12H8BrF3N2OS. The molecule has 2 aromatic rings. The first-order valence-corrected chi connectivity index (χ1v) is 7.03. The number of aromatic nitrogens is 1. The van der Waals surface area contributed by atoms with E-state index in [2.05, 4.69) is 26.2 Å². The normalized spacial score (nSPS) is 11.4. The summed E-state index contributed by atoms with van der Waals surface area (Å²) in [6.07, 6.45) is -2.99. The van der Waals surface area contributed by atoms with Crippen molar-refractivity contribution in [2.24, 2.45) is 0 Å². The molecule has 0 atom stereocenters. The van der Waals surface area contributed by atoms with Gasteiger partial charge in [0.15, 0.2) is 3.92 Å². The molecule has 0 bridgehead atoms. The highest BCUT2D eigenvalue weighted by molar-refractivity contribution is 9.11. The number of amides is 1. The highest BCUT2D eigenvalue weighted by Crippen LogP contribution is 2.29. The lowest BCUT2D eigenvalue weighted by molar-refractivity contribution is -0.137. The number of alkyl halides is 3. The average molecular weight is 365 g/mol. The molecule has 20 heavy (non-hydrogen) atoms. The zero-order valence-electron chi connectivity index (χ0n) is 9.87. The molecule has 1 heterocycles. The topological polar surface area (TPSA) is 42.0 Å². The van der Waals surface area contributed by atoms with Gasteiger partial charge in [-0.3, -0.25) is 4.79 Å². The van der Waals surface area contributed by atoms with Crippen molar-refractivity contribution in [2.75, 3.05) is 0 Å². The van der Waals surface area contributed by atoms with Crippen LogP contribution in [0.1, 0.15) is 20.8 Å². The van der Waals surface area contributed by atoms with Gasteiger partial charge < -0.3 is 5.32 Å². The Morgan fingerprint density at radius 3 is 2.75 bits per heavy atom. The molecule has 106 valence electrons. The van der Waals surface area contributed by atoms with Crippen LogP contribution in [0.2, 0.25) is 0 Å². The highest BCUT2D eigenvalue weighted by Gasteiger charge is 2.30. The smallest absolute Gasteiger partial charge is 0.347 e. The second kappa shape index (κ2) is 5.92. The van der Waals surface area contributed by atoms with Crippen LogP contribution in [0.4, 0.5) is 13.2 Å². The fourth-order valence-electron chi connectivity index (χ4n) is 1.48. The minimum atomic E-state index is -4.39. The fraction of sp³-hybridized carbons (Fsp3) is 0.167. The van der Waals surface area contributed by atoms with E-state index in [4.69, 9.17) is 0 Å². The lowest BCUT2D eigenvalue weighted by atomic mass is 10.1. The van der Waals surface area contributed by atoms with Crippen LogP contribution in [0.15, 0.2) is 34.4 Å². The molecule has 1 amide bonds. The molecular weight excluding hydrogens is 357 g/mol. The van der Waals surface area contributed by atoms with Gasteiger partial charge in [-0.2, -0.15) is 13.2 Å². The first-order chi connectivity index (χ1) is 9.36. The van der Waals surface area contributed by atoms with Crippen molar-refractivity contribution in [3.63, 3.8) is 0 Å². The number of halogens is 4. The lowest BCUT2D eigenvalue weighted by Gasteiger charge is -2.09. The number of nitrogens with one attached hydrogen (secondary N) is 1. The van der Waals surface area contributed by atoms with Crippen molar-refractivity contribution in [1.82, 2.24) is 10.3 Å². The molecule has 0 fully saturated rings. The Hall–Kier alpha value is -1.41. The summed E-state index contributed by atoms with van der Waals surface area (Å²) in [6, 6.07) is 4.85. The minimum Gasteiger partial charge on any atom is -0.347 e. The molecule has 0 aliphatic carbocycles. The summed E-state index contributed by atoms with van der Waals surface area (Å²) in [5.74, 6) is -0.370. The molecule has 0 aliphatic rings. The van der Waals surface area contributed by atoms with Crippen molar-refractivity contribution >= 4 is 33.2 Å². The maximum Gasteiger partial charge on any atom is 0.416 e. The summed E-state index contributed by atoms with van der Waals surface area (Å²) in [5, 5.41) is 2.55. The van der Waals surface area contributed by atoms with E-state index in [0.29, 0.717) is 14.4 Å². The van der Waals surface area contributed by atoms with Gasteiger partial charge in [0.25, 0.3) is 5.91 Å². The van der Waals surface area contributed by atoms with Crippen LogP contribution in [0.5, 0.6) is 0 Å². The van der Waals surface area contributed by atoms with Crippen LogP contribution < -0.4 is 5.32 Å². The minimum absolute atomic E-state index is 0.0261. The summed E-state index contributed by atoms with van der Waals surface area (Å²) in [7, 11) is 0. The van der Waals surface area contributed by atoms with Crippen molar-refractivity contribution in [3.8, 4) is 0 Å². The number of benzene rings is 1. The Balaban J connectivity index is 2.02. The average Bonchev–Trinajstić information content (AvgIpc) is 2.82. The number of rotatable bonds is 3. The number of carbonyl (C=O) groups is 1. The number of hydrogen-bond acceptors (Lipinski definition) is 3. The van der Waals surface area contributed by atoms with Crippen LogP contribution in [0.25, 0.3) is 0 Å². The summed E-state index contributed by atoms with van der Waals surface area (Å²) in [6.45, 7) is 0.0261. The number of carbonyl (C=O) groups excluding carboxylic acids is 1. The third-order valence-electron chi connectivity index (χ3n) is 2.41. The van der Waals surface area contributed by atoms with E-state index in [1.807, 2.05) is 0 Å². The maximum absolute atomic E-state index is 12.5. The zero-order valence-corrected chi connectivity index (χ0v) is 12.3. The Morgan fingerprint density at radius 2 is 2.15 bits per heavy atom. The summed E-state index contributed by atoms with van der Waals surface area (Å²) in [4.78, 5) is 16.0. The molecule has 0 aliphatic heterocycles. The maximum atomic E-state index is 12.5. The van der Waals surface area contributed by atoms with Gasteiger partial charge >= 0.3 is 6.18 Å². The Labute approximate surface area is 125 Å². The van der Waals surface area contributed by atoms with Crippen molar-refractivity contribution in [1.29, 1.82) is 0 Å². The second-order valence-electron chi connectivity index (χ2n) is 3.86. The number of hydrogen-bond donors (Lipinski definition) is 1. The highest BCUT2D eigenvalue weighted by atomic mass is 79.9. The monoisotopic (exact) mass is 364 g/mol. The van der Waals surface area contributed by atoms with Gasteiger partial charge in [0.2, 0.25) is 0 Å². The van der Waals surface area contributed by atoms with E-state index in [-0.39, 0.29) is 12.5 Å². The summed E-state index contributed by atoms with van der Waals surface area (Å²) in [5.41, 5.74) is -0.346. The van der Waals surface area contributed by atoms with E-state index in [0.717, 1.165) is 23.5 Å². The molecule has 8 heteroatoms. The van der Waals surface area contributed by atoms with E-state index < -0.39 is 11.7 Å². The molecule has 0 saturated carbocycles. The molecule has 0 radical (unpaired) electrons. The first-order valence-electron chi connectivity index (χ1n) is 5.42. The van der Waals surface area contributed by atoms with Gasteiger partial charge in [-0.1, -0.05) is 12.1 Å². The van der Waals surface area contributed by atoms with Gasteiger partial charge in [0.05, 0.1) is 11.8 Å².